The highest BCUT2D eigenvalue weighted by Gasteiger charge is 2.09. The van der Waals surface area contributed by atoms with Gasteiger partial charge >= 0.3 is 6.09 Å². The zero-order valence-corrected chi connectivity index (χ0v) is 11.5. The van der Waals surface area contributed by atoms with Gasteiger partial charge in [0.1, 0.15) is 5.75 Å². The van der Waals surface area contributed by atoms with Crippen LogP contribution in [-0.4, -0.2) is 31.8 Å². The largest absolute Gasteiger partial charge is 0.412 e. The zero-order valence-electron chi connectivity index (χ0n) is 11.5. The minimum atomic E-state index is -0.582. The summed E-state index contributed by atoms with van der Waals surface area (Å²) < 4.78 is 10.0. The topological polar surface area (TPSA) is 76.7 Å². The van der Waals surface area contributed by atoms with Gasteiger partial charge in [-0.05, 0) is 25.1 Å². The molecule has 0 saturated carbocycles. The van der Waals surface area contributed by atoms with Crippen LogP contribution in [-0.2, 0) is 9.53 Å². The minimum absolute atomic E-state index is 0.156. The highest BCUT2D eigenvalue weighted by Crippen LogP contribution is 2.17. The van der Waals surface area contributed by atoms with Gasteiger partial charge in [-0.2, -0.15) is 0 Å². The standard InChI is InChI=1S/C14H18N2O4/c1-4-13(17)16-11-6-5-7-12(8-11)20-14(18)15-10(2)9-19-3/h4-8,10H,1,9H2,2-3H3,(H,15,18)(H,16,17). The third kappa shape index (κ3) is 5.53. The Kier molecular flexibility index (Phi) is 6.25. The van der Waals surface area contributed by atoms with Crippen molar-refractivity contribution in [1.29, 1.82) is 0 Å². The Bertz CT molecular complexity index is 488. The molecule has 20 heavy (non-hydrogen) atoms. The number of rotatable bonds is 6. The maximum atomic E-state index is 11.6. The molecule has 0 spiro atoms. The predicted octanol–water partition coefficient (Wildman–Crippen LogP) is 1.93. The number of hydrogen-bond donors (Lipinski definition) is 2. The van der Waals surface area contributed by atoms with Gasteiger partial charge in [-0.1, -0.05) is 12.6 Å². The van der Waals surface area contributed by atoms with Crippen molar-refractivity contribution in [2.75, 3.05) is 19.0 Å². The molecule has 0 aromatic heterocycles. The maximum absolute atomic E-state index is 11.6. The first-order valence-corrected chi connectivity index (χ1v) is 6.06. The number of hydrogen-bond acceptors (Lipinski definition) is 4. The molecule has 0 saturated heterocycles. The second kappa shape index (κ2) is 7.96. The number of methoxy groups -OCH3 is 1. The average Bonchev–Trinajstić information content (AvgIpc) is 2.38. The number of carbonyl (C=O) groups is 2. The van der Waals surface area contributed by atoms with Crippen molar-refractivity contribution < 1.29 is 19.1 Å². The van der Waals surface area contributed by atoms with Crippen LogP contribution >= 0.6 is 0 Å². The number of benzene rings is 1. The number of carbonyl (C=O) groups excluding carboxylic acids is 2. The second-order valence-electron chi connectivity index (χ2n) is 4.11. The molecule has 0 fully saturated rings. The lowest BCUT2D eigenvalue weighted by Crippen LogP contribution is -2.37. The van der Waals surface area contributed by atoms with Crippen molar-refractivity contribution >= 4 is 17.7 Å². The minimum Gasteiger partial charge on any atom is -0.410 e. The summed E-state index contributed by atoms with van der Waals surface area (Å²) >= 11 is 0. The Hall–Kier alpha value is -2.34. The highest BCUT2D eigenvalue weighted by atomic mass is 16.6. The molecule has 1 rings (SSSR count). The molecule has 2 N–H and O–H groups in total. The monoisotopic (exact) mass is 278 g/mol. The van der Waals surface area contributed by atoms with Crippen LogP contribution in [0.15, 0.2) is 36.9 Å². The molecule has 1 aromatic rings. The van der Waals surface area contributed by atoms with E-state index in [1.807, 2.05) is 0 Å². The lowest BCUT2D eigenvalue weighted by molar-refractivity contribution is -0.111. The van der Waals surface area contributed by atoms with Crippen LogP contribution in [0.4, 0.5) is 10.5 Å². The third-order valence-electron chi connectivity index (χ3n) is 2.28. The molecule has 0 heterocycles. The molecule has 6 nitrogen and oxygen atoms in total. The molecule has 1 atom stereocenters. The Labute approximate surface area is 117 Å². The summed E-state index contributed by atoms with van der Waals surface area (Å²) in [4.78, 5) is 22.8. The Morgan fingerprint density at radius 1 is 1.45 bits per heavy atom. The van der Waals surface area contributed by atoms with Gasteiger partial charge in [0.05, 0.1) is 12.6 Å². The summed E-state index contributed by atoms with van der Waals surface area (Å²) in [5.41, 5.74) is 0.519. The van der Waals surface area contributed by atoms with Gasteiger partial charge in [-0.3, -0.25) is 4.79 Å². The van der Waals surface area contributed by atoms with Crippen molar-refractivity contribution in [1.82, 2.24) is 5.32 Å². The lowest BCUT2D eigenvalue weighted by Gasteiger charge is -2.13. The Balaban J connectivity index is 2.59. The molecule has 1 unspecified atom stereocenters. The van der Waals surface area contributed by atoms with Crippen LogP contribution in [0.5, 0.6) is 5.75 Å². The SMILES string of the molecule is C=CC(=O)Nc1cccc(OC(=O)NC(C)COC)c1. The van der Waals surface area contributed by atoms with E-state index in [0.717, 1.165) is 6.08 Å². The summed E-state index contributed by atoms with van der Waals surface area (Å²) in [6.45, 7) is 5.55. The maximum Gasteiger partial charge on any atom is 0.412 e. The normalized spacial score (nSPS) is 11.3. The average molecular weight is 278 g/mol. The van der Waals surface area contributed by atoms with E-state index in [-0.39, 0.29) is 11.9 Å². The lowest BCUT2D eigenvalue weighted by atomic mass is 10.3. The van der Waals surface area contributed by atoms with Gasteiger partial charge in [-0.15, -0.1) is 0 Å². The molecule has 0 aliphatic rings. The van der Waals surface area contributed by atoms with Crippen LogP contribution in [0.25, 0.3) is 0 Å². The van der Waals surface area contributed by atoms with E-state index in [1.165, 1.54) is 0 Å². The van der Waals surface area contributed by atoms with Crippen LogP contribution in [0.3, 0.4) is 0 Å². The fraction of sp³-hybridized carbons (Fsp3) is 0.286. The van der Waals surface area contributed by atoms with Crippen LogP contribution in [0, 0.1) is 0 Å². The first-order chi connectivity index (χ1) is 9.55. The fourth-order valence-corrected chi connectivity index (χ4v) is 1.46. The van der Waals surface area contributed by atoms with Crippen molar-refractivity contribution in [2.24, 2.45) is 0 Å². The number of amides is 2. The fourth-order valence-electron chi connectivity index (χ4n) is 1.46. The molecule has 0 bridgehead atoms. The van der Waals surface area contributed by atoms with E-state index in [9.17, 15) is 9.59 Å². The first-order valence-electron chi connectivity index (χ1n) is 6.06. The van der Waals surface area contributed by atoms with E-state index < -0.39 is 6.09 Å². The van der Waals surface area contributed by atoms with Crippen LogP contribution < -0.4 is 15.4 Å². The smallest absolute Gasteiger partial charge is 0.410 e. The third-order valence-corrected chi connectivity index (χ3v) is 2.28. The second-order valence-corrected chi connectivity index (χ2v) is 4.11. The Morgan fingerprint density at radius 3 is 2.85 bits per heavy atom. The van der Waals surface area contributed by atoms with Crippen molar-refractivity contribution in [3.05, 3.63) is 36.9 Å². The van der Waals surface area contributed by atoms with E-state index in [4.69, 9.17) is 9.47 Å². The summed E-state index contributed by atoms with van der Waals surface area (Å²) in [7, 11) is 1.55. The van der Waals surface area contributed by atoms with E-state index in [1.54, 1.807) is 38.3 Å². The molecule has 2 amide bonds. The summed E-state index contributed by atoms with van der Waals surface area (Å²) in [6.07, 6.45) is 0.578. The zero-order chi connectivity index (χ0) is 15.0. The van der Waals surface area contributed by atoms with Crippen molar-refractivity contribution in [2.45, 2.75) is 13.0 Å². The molecule has 0 radical (unpaired) electrons. The Morgan fingerprint density at radius 2 is 2.20 bits per heavy atom. The van der Waals surface area contributed by atoms with Gasteiger partial charge in [-0.25, -0.2) is 4.79 Å². The van der Waals surface area contributed by atoms with Gasteiger partial charge in [0, 0.05) is 18.9 Å². The molecular weight excluding hydrogens is 260 g/mol. The molecule has 0 aliphatic heterocycles. The number of ether oxygens (including phenoxy) is 2. The molecular formula is C14H18N2O4. The van der Waals surface area contributed by atoms with E-state index in [0.29, 0.717) is 18.0 Å². The number of anilines is 1. The van der Waals surface area contributed by atoms with Crippen LogP contribution in [0.1, 0.15) is 6.92 Å². The molecule has 0 aliphatic carbocycles. The molecule has 1 aromatic carbocycles. The quantitative estimate of drug-likeness (QED) is 0.780. The van der Waals surface area contributed by atoms with Crippen molar-refractivity contribution in [3.8, 4) is 5.75 Å². The van der Waals surface area contributed by atoms with Gasteiger partial charge in [0.2, 0.25) is 5.91 Å². The van der Waals surface area contributed by atoms with E-state index in [2.05, 4.69) is 17.2 Å². The van der Waals surface area contributed by atoms with Gasteiger partial charge < -0.3 is 20.1 Å². The predicted molar refractivity (Wildman–Crippen MR) is 75.8 cm³/mol. The van der Waals surface area contributed by atoms with Crippen LogP contribution in [0.2, 0.25) is 0 Å². The summed E-state index contributed by atoms with van der Waals surface area (Å²) in [5.74, 6) is -0.00528. The summed E-state index contributed by atoms with van der Waals surface area (Å²) in [6, 6.07) is 6.35. The van der Waals surface area contributed by atoms with Crippen molar-refractivity contribution in [3.63, 3.8) is 0 Å². The first kappa shape index (κ1) is 15.7. The van der Waals surface area contributed by atoms with E-state index >= 15 is 0 Å². The number of nitrogens with one attached hydrogen (secondary N) is 2. The highest BCUT2D eigenvalue weighted by molar-refractivity contribution is 5.99. The molecule has 6 heteroatoms. The van der Waals surface area contributed by atoms with Gasteiger partial charge in [0.25, 0.3) is 0 Å². The van der Waals surface area contributed by atoms with Gasteiger partial charge in [0.15, 0.2) is 0 Å². The molecule has 108 valence electrons. The summed E-state index contributed by atoms with van der Waals surface area (Å²) in [5, 5.41) is 5.19.